The second-order valence-electron chi connectivity index (χ2n) is 6.11. The minimum absolute atomic E-state index is 0.0986. The lowest BCUT2D eigenvalue weighted by molar-refractivity contribution is -0.385. The highest BCUT2D eigenvalue weighted by Crippen LogP contribution is 2.21. The third-order valence-corrected chi connectivity index (χ3v) is 4.36. The molecule has 0 aliphatic rings. The first-order valence-corrected chi connectivity index (χ1v) is 8.75. The molecule has 2 rings (SSSR count). The van der Waals surface area contributed by atoms with Gasteiger partial charge in [0, 0.05) is 25.2 Å². The number of hydrogen-bond donors (Lipinski definition) is 1. The van der Waals surface area contributed by atoms with Gasteiger partial charge in [0.25, 0.3) is 5.69 Å². The summed E-state index contributed by atoms with van der Waals surface area (Å²) >= 11 is 0. The van der Waals surface area contributed by atoms with Crippen molar-refractivity contribution in [2.24, 2.45) is 0 Å². The lowest BCUT2D eigenvalue weighted by Gasteiger charge is -2.30. The molecule has 0 saturated carbocycles. The van der Waals surface area contributed by atoms with Crippen molar-refractivity contribution in [1.82, 2.24) is 10.2 Å². The van der Waals surface area contributed by atoms with Crippen molar-refractivity contribution in [3.8, 4) is 0 Å². The van der Waals surface area contributed by atoms with Crippen LogP contribution in [0.15, 0.2) is 54.6 Å². The van der Waals surface area contributed by atoms with E-state index in [-0.39, 0.29) is 30.5 Å². The fraction of sp³-hybridized carbons (Fsp3) is 0.300. The molecule has 0 unspecified atom stereocenters. The zero-order valence-corrected chi connectivity index (χ0v) is 15.4. The number of likely N-dealkylation sites (N-methyl/N-ethyl adjacent to an activating group) is 1. The summed E-state index contributed by atoms with van der Waals surface area (Å²) in [4.78, 5) is 37.5. The predicted molar refractivity (Wildman–Crippen MR) is 102 cm³/mol. The van der Waals surface area contributed by atoms with E-state index in [0.29, 0.717) is 12.0 Å². The SMILES string of the molecule is CC[C@@H](C(=O)NC)N(Cc1ccccc1)C(=O)Cc1ccccc1[N+](=O)[O-]. The monoisotopic (exact) mass is 369 g/mol. The largest absolute Gasteiger partial charge is 0.357 e. The molecule has 7 nitrogen and oxygen atoms in total. The van der Waals surface area contributed by atoms with Gasteiger partial charge in [-0.2, -0.15) is 0 Å². The number of nitrogens with one attached hydrogen (secondary N) is 1. The lowest BCUT2D eigenvalue weighted by atomic mass is 10.1. The van der Waals surface area contributed by atoms with Crippen LogP contribution in [0.3, 0.4) is 0 Å². The summed E-state index contributed by atoms with van der Waals surface area (Å²) < 4.78 is 0. The van der Waals surface area contributed by atoms with Gasteiger partial charge in [0.05, 0.1) is 11.3 Å². The van der Waals surface area contributed by atoms with Gasteiger partial charge in [-0.1, -0.05) is 55.5 Å². The van der Waals surface area contributed by atoms with Crippen molar-refractivity contribution in [1.29, 1.82) is 0 Å². The molecule has 142 valence electrons. The van der Waals surface area contributed by atoms with Crippen LogP contribution >= 0.6 is 0 Å². The van der Waals surface area contributed by atoms with Gasteiger partial charge >= 0.3 is 0 Å². The van der Waals surface area contributed by atoms with E-state index in [0.717, 1.165) is 5.56 Å². The molecule has 0 spiro atoms. The van der Waals surface area contributed by atoms with Gasteiger partial charge in [0.1, 0.15) is 6.04 Å². The molecule has 0 heterocycles. The van der Waals surface area contributed by atoms with Crippen LogP contribution < -0.4 is 5.32 Å². The minimum atomic E-state index is -0.648. The van der Waals surface area contributed by atoms with Gasteiger partial charge in [0.2, 0.25) is 11.8 Å². The van der Waals surface area contributed by atoms with Gasteiger partial charge in [-0.15, -0.1) is 0 Å². The number of carbonyl (C=O) groups is 2. The van der Waals surface area contributed by atoms with Crippen molar-refractivity contribution in [3.63, 3.8) is 0 Å². The summed E-state index contributed by atoms with van der Waals surface area (Å²) in [6, 6.07) is 14.9. The number of rotatable bonds is 8. The van der Waals surface area contributed by atoms with Crippen molar-refractivity contribution in [2.45, 2.75) is 32.4 Å². The maximum atomic E-state index is 13.0. The number of nitro groups is 1. The Kier molecular flexibility index (Phi) is 7.05. The van der Waals surface area contributed by atoms with Crippen LogP contribution in [0.4, 0.5) is 5.69 Å². The molecule has 2 amide bonds. The predicted octanol–water partition coefficient (Wildman–Crippen LogP) is 2.69. The molecule has 0 bridgehead atoms. The number of nitro benzene ring substituents is 1. The maximum Gasteiger partial charge on any atom is 0.273 e. The first kappa shape index (κ1) is 20.1. The molecule has 0 saturated heterocycles. The molecule has 0 aromatic heterocycles. The van der Waals surface area contributed by atoms with Gasteiger partial charge in [-0.3, -0.25) is 19.7 Å². The van der Waals surface area contributed by atoms with Crippen LogP contribution in [0.5, 0.6) is 0 Å². The number of nitrogens with zero attached hydrogens (tertiary/aromatic N) is 2. The Hall–Kier alpha value is -3.22. The Morgan fingerprint density at radius 1 is 1.11 bits per heavy atom. The average molecular weight is 369 g/mol. The summed E-state index contributed by atoms with van der Waals surface area (Å²) in [5, 5.41) is 13.8. The molecule has 0 aliphatic carbocycles. The Morgan fingerprint density at radius 3 is 2.33 bits per heavy atom. The molecule has 2 aromatic rings. The molecule has 1 atom stereocenters. The van der Waals surface area contributed by atoms with Crippen molar-refractivity contribution >= 4 is 17.5 Å². The van der Waals surface area contributed by atoms with Crippen LogP contribution in [0.25, 0.3) is 0 Å². The second kappa shape index (κ2) is 9.47. The molecule has 0 aliphatic heterocycles. The summed E-state index contributed by atoms with van der Waals surface area (Å²) in [7, 11) is 1.53. The first-order chi connectivity index (χ1) is 13.0. The molecular formula is C20H23N3O4. The molecule has 0 fully saturated rings. The van der Waals surface area contributed by atoms with E-state index < -0.39 is 11.0 Å². The highest BCUT2D eigenvalue weighted by atomic mass is 16.6. The molecular weight excluding hydrogens is 346 g/mol. The Bertz CT molecular complexity index is 808. The van der Waals surface area contributed by atoms with Gasteiger partial charge < -0.3 is 10.2 Å². The van der Waals surface area contributed by atoms with E-state index in [4.69, 9.17) is 0 Å². The third kappa shape index (κ3) is 5.13. The van der Waals surface area contributed by atoms with E-state index in [1.54, 1.807) is 18.2 Å². The van der Waals surface area contributed by atoms with E-state index in [2.05, 4.69) is 5.32 Å². The summed E-state index contributed by atoms with van der Waals surface area (Å²) in [5.74, 6) is -0.590. The lowest BCUT2D eigenvalue weighted by Crippen LogP contribution is -2.48. The van der Waals surface area contributed by atoms with Crippen molar-refractivity contribution in [2.75, 3.05) is 7.05 Å². The van der Waals surface area contributed by atoms with E-state index >= 15 is 0 Å². The van der Waals surface area contributed by atoms with Crippen LogP contribution in [0.1, 0.15) is 24.5 Å². The molecule has 1 N–H and O–H groups in total. The van der Waals surface area contributed by atoms with Crippen molar-refractivity contribution in [3.05, 3.63) is 75.8 Å². The van der Waals surface area contributed by atoms with Crippen LogP contribution in [0, 0.1) is 10.1 Å². The minimum Gasteiger partial charge on any atom is -0.357 e. The van der Waals surface area contributed by atoms with Gasteiger partial charge in [-0.25, -0.2) is 0 Å². The number of hydrogen-bond acceptors (Lipinski definition) is 4. The molecule has 27 heavy (non-hydrogen) atoms. The van der Waals surface area contributed by atoms with Gasteiger partial charge in [-0.05, 0) is 12.0 Å². The normalized spacial score (nSPS) is 11.5. The van der Waals surface area contributed by atoms with Gasteiger partial charge in [0.15, 0.2) is 0 Å². The topological polar surface area (TPSA) is 92.6 Å². The Morgan fingerprint density at radius 2 is 1.74 bits per heavy atom. The quantitative estimate of drug-likeness (QED) is 0.572. The van der Waals surface area contributed by atoms with E-state index in [1.165, 1.54) is 18.0 Å². The van der Waals surface area contributed by atoms with Crippen LogP contribution in [0.2, 0.25) is 0 Å². The Balaban J connectivity index is 2.33. The van der Waals surface area contributed by atoms with Crippen molar-refractivity contribution < 1.29 is 14.5 Å². The average Bonchev–Trinajstić information content (AvgIpc) is 2.68. The summed E-state index contributed by atoms with van der Waals surface area (Å²) in [6.07, 6.45) is 0.298. The fourth-order valence-corrected chi connectivity index (χ4v) is 2.97. The highest BCUT2D eigenvalue weighted by molar-refractivity contribution is 5.88. The zero-order chi connectivity index (χ0) is 19.8. The zero-order valence-electron chi connectivity index (χ0n) is 15.4. The van der Waals surface area contributed by atoms with Crippen LogP contribution in [-0.2, 0) is 22.6 Å². The van der Waals surface area contributed by atoms with E-state index in [9.17, 15) is 19.7 Å². The maximum absolute atomic E-state index is 13.0. The first-order valence-electron chi connectivity index (χ1n) is 8.75. The number of amides is 2. The highest BCUT2D eigenvalue weighted by Gasteiger charge is 2.29. The Labute approximate surface area is 158 Å². The molecule has 0 radical (unpaired) electrons. The smallest absolute Gasteiger partial charge is 0.273 e. The van der Waals surface area contributed by atoms with Crippen LogP contribution in [-0.4, -0.2) is 34.7 Å². The fourth-order valence-electron chi connectivity index (χ4n) is 2.97. The van der Waals surface area contributed by atoms with E-state index in [1.807, 2.05) is 37.3 Å². The number of carbonyl (C=O) groups excluding carboxylic acids is 2. The number of para-hydroxylation sites is 1. The molecule has 2 aromatic carbocycles. The molecule has 7 heteroatoms. The number of benzene rings is 2. The summed E-state index contributed by atoms with van der Waals surface area (Å²) in [5.41, 5.74) is 1.12. The summed E-state index contributed by atoms with van der Waals surface area (Å²) in [6.45, 7) is 2.09. The standard InChI is InChI=1S/C20H23N3O4/c1-3-17(20(25)21-2)22(14-15-9-5-4-6-10-15)19(24)13-16-11-7-8-12-18(16)23(26)27/h4-12,17H,3,13-14H2,1-2H3,(H,21,25)/t17-/m0/s1. The third-order valence-electron chi connectivity index (χ3n) is 4.36. The second-order valence-corrected chi connectivity index (χ2v) is 6.11.